The number of aromatic nitrogens is 4. The maximum absolute atomic E-state index is 12.0. The number of nitrogens with one attached hydrogen (secondary N) is 1. The highest BCUT2D eigenvalue weighted by Crippen LogP contribution is 2.15. The van der Waals surface area contributed by atoms with Crippen molar-refractivity contribution in [1.82, 2.24) is 24.9 Å². The molecule has 108 valence electrons. The fourth-order valence-corrected chi connectivity index (χ4v) is 2.04. The van der Waals surface area contributed by atoms with Gasteiger partial charge >= 0.3 is 0 Å². The number of hydrogen-bond acceptors (Lipinski definition) is 5. The van der Waals surface area contributed by atoms with Gasteiger partial charge in [0.25, 0.3) is 5.78 Å². The Hall–Kier alpha value is -2.70. The number of hydrogen-bond donors (Lipinski definition) is 1. The van der Waals surface area contributed by atoms with Gasteiger partial charge in [-0.1, -0.05) is 0 Å². The Morgan fingerprint density at radius 3 is 3.05 bits per heavy atom. The summed E-state index contributed by atoms with van der Waals surface area (Å²) in [6, 6.07) is 5.29. The normalized spacial score (nSPS) is 12.5. The van der Waals surface area contributed by atoms with Crippen LogP contribution in [0, 0.1) is 6.92 Å². The molecule has 0 aromatic carbocycles. The van der Waals surface area contributed by atoms with Gasteiger partial charge in [0.2, 0.25) is 5.91 Å². The highest BCUT2D eigenvalue weighted by Gasteiger charge is 2.15. The first-order chi connectivity index (χ1) is 10.1. The molecule has 0 radical (unpaired) electrons. The van der Waals surface area contributed by atoms with Crippen molar-refractivity contribution < 1.29 is 9.21 Å². The van der Waals surface area contributed by atoms with E-state index in [-0.39, 0.29) is 18.4 Å². The van der Waals surface area contributed by atoms with Crippen molar-refractivity contribution in [3.63, 3.8) is 0 Å². The average molecular weight is 285 g/mol. The Bertz CT molecular complexity index is 743. The van der Waals surface area contributed by atoms with Gasteiger partial charge in [-0.2, -0.15) is 4.98 Å². The second-order valence-corrected chi connectivity index (χ2v) is 4.81. The molecule has 0 spiro atoms. The Kier molecular flexibility index (Phi) is 3.39. The lowest BCUT2D eigenvalue weighted by atomic mass is 10.2. The van der Waals surface area contributed by atoms with Gasteiger partial charge in [-0.25, -0.2) is 9.50 Å². The molecule has 0 aliphatic rings. The van der Waals surface area contributed by atoms with Crippen LogP contribution in [0.5, 0.6) is 0 Å². The van der Waals surface area contributed by atoms with Crippen LogP contribution < -0.4 is 5.32 Å². The van der Waals surface area contributed by atoms with Gasteiger partial charge in [0.05, 0.1) is 12.5 Å². The Labute approximate surface area is 121 Å². The summed E-state index contributed by atoms with van der Waals surface area (Å²) >= 11 is 0. The molecule has 3 rings (SSSR count). The van der Waals surface area contributed by atoms with Gasteiger partial charge in [0.1, 0.15) is 11.5 Å². The number of furan rings is 1. The van der Waals surface area contributed by atoms with E-state index in [1.165, 1.54) is 0 Å². The lowest BCUT2D eigenvalue weighted by molar-refractivity contribution is -0.121. The minimum atomic E-state index is -0.193. The number of rotatable bonds is 4. The molecule has 7 heteroatoms. The predicted octanol–water partition coefficient (Wildman–Crippen LogP) is 1.45. The van der Waals surface area contributed by atoms with E-state index in [0.717, 1.165) is 11.5 Å². The van der Waals surface area contributed by atoms with Crippen LogP contribution in [0.2, 0.25) is 0 Å². The molecule has 0 unspecified atom stereocenters. The van der Waals surface area contributed by atoms with E-state index in [0.29, 0.717) is 11.6 Å². The topological polar surface area (TPSA) is 85.3 Å². The standard InChI is InChI=1S/C14H15N5O2/c1-9-4-5-11(21-9)10(2)16-13(20)8-12-17-14-15-6-3-7-19(14)18-12/h3-7,10H,8H2,1-2H3,(H,16,20)/t10-/m1/s1. The molecule has 7 nitrogen and oxygen atoms in total. The highest BCUT2D eigenvalue weighted by molar-refractivity contribution is 5.78. The van der Waals surface area contributed by atoms with E-state index in [1.807, 2.05) is 26.0 Å². The molecule has 0 saturated heterocycles. The molecule has 1 amide bonds. The van der Waals surface area contributed by atoms with E-state index in [2.05, 4.69) is 20.4 Å². The number of carbonyl (C=O) groups is 1. The molecule has 0 aliphatic heterocycles. The van der Waals surface area contributed by atoms with E-state index in [1.54, 1.807) is 23.0 Å². The zero-order valence-corrected chi connectivity index (χ0v) is 11.8. The maximum Gasteiger partial charge on any atom is 0.252 e. The quantitative estimate of drug-likeness (QED) is 0.784. The Morgan fingerprint density at radius 1 is 1.48 bits per heavy atom. The van der Waals surface area contributed by atoms with Crippen molar-refractivity contribution in [2.24, 2.45) is 0 Å². The van der Waals surface area contributed by atoms with Crippen molar-refractivity contribution in [2.45, 2.75) is 26.3 Å². The van der Waals surface area contributed by atoms with Gasteiger partial charge in [-0.15, -0.1) is 5.10 Å². The minimum absolute atomic E-state index is 0.105. The van der Waals surface area contributed by atoms with Crippen molar-refractivity contribution in [1.29, 1.82) is 0 Å². The van der Waals surface area contributed by atoms with Crippen molar-refractivity contribution in [3.8, 4) is 0 Å². The minimum Gasteiger partial charge on any atom is -0.464 e. The van der Waals surface area contributed by atoms with Crippen LogP contribution >= 0.6 is 0 Å². The van der Waals surface area contributed by atoms with Crippen LogP contribution in [0.1, 0.15) is 30.3 Å². The molecule has 0 bridgehead atoms. The number of carbonyl (C=O) groups excluding carboxylic acids is 1. The lowest BCUT2D eigenvalue weighted by Crippen LogP contribution is -2.28. The SMILES string of the molecule is Cc1ccc([C@@H](C)NC(=O)Cc2nc3ncccn3n2)o1. The number of fused-ring (bicyclic) bond motifs is 1. The third-order valence-electron chi connectivity index (χ3n) is 3.04. The van der Waals surface area contributed by atoms with Crippen LogP contribution in [0.4, 0.5) is 0 Å². The summed E-state index contributed by atoms with van der Waals surface area (Å²) in [6.45, 7) is 3.74. The summed E-state index contributed by atoms with van der Waals surface area (Å²) in [4.78, 5) is 20.3. The smallest absolute Gasteiger partial charge is 0.252 e. The summed E-state index contributed by atoms with van der Waals surface area (Å²) in [5.41, 5.74) is 0. The molecule has 1 atom stereocenters. The second kappa shape index (κ2) is 5.35. The molecule has 3 aromatic heterocycles. The van der Waals surface area contributed by atoms with Crippen LogP contribution in [-0.2, 0) is 11.2 Å². The fraction of sp³-hybridized carbons (Fsp3) is 0.286. The van der Waals surface area contributed by atoms with Crippen molar-refractivity contribution in [3.05, 3.63) is 47.9 Å². The second-order valence-electron chi connectivity index (χ2n) is 4.81. The van der Waals surface area contributed by atoms with Crippen LogP contribution in [0.25, 0.3) is 5.78 Å². The van der Waals surface area contributed by atoms with E-state index in [4.69, 9.17) is 4.42 Å². The molecule has 1 N–H and O–H groups in total. The summed E-state index contributed by atoms with van der Waals surface area (Å²) < 4.78 is 7.03. The summed E-state index contributed by atoms with van der Waals surface area (Å²) in [6.07, 6.45) is 3.48. The van der Waals surface area contributed by atoms with Gasteiger partial charge in [0.15, 0.2) is 5.82 Å². The van der Waals surface area contributed by atoms with Crippen molar-refractivity contribution >= 4 is 11.7 Å². The molecular formula is C14H15N5O2. The zero-order valence-electron chi connectivity index (χ0n) is 11.8. The van der Waals surface area contributed by atoms with E-state index in [9.17, 15) is 4.79 Å². The third kappa shape index (κ3) is 2.91. The molecular weight excluding hydrogens is 270 g/mol. The van der Waals surface area contributed by atoms with E-state index < -0.39 is 0 Å². The summed E-state index contributed by atoms with van der Waals surface area (Å²) in [7, 11) is 0. The highest BCUT2D eigenvalue weighted by atomic mass is 16.3. The van der Waals surface area contributed by atoms with Gasteiger partial charge < -0.3 is 9.73 Å². The van der Waals surface area contributed by atoms with Gasteiger partial charge in [0, 0.05) is 12.4 Å². The zero-order chi connectivity index (χ0) is 14.8. The first-order valence-corrected chi connectivity index (χ1v) is 6.64. The maximum atomic E-state index is 12.0. The lowest BCUT2D eigenvalue weighted by Gasteiger charge is -2.10. The molecule has 0 aliphatic carbocycles. The van der Waals surface area contributed by atoms with Crippen LogP contribution in [0.3, 0.4) is 0 Å². The van der Waals surface area contributed by atoms with Crippen LogP contribution in [0.15, 0.2) is 35.0 Å². The first kappa shape index (κ1) is 13.3. The fourth-order valence-electron chi connectivity index (χ4n) is 2.04. The molecule has 21 heavy (non-hydrogen) atoms. The van der Waals surface area contributed by atoms with Gasteiger partial charge in [-0.05, 0) is 32.0 Å². The summed E-state index contributed by atoms with van der Waals surface area (Å²) in [5, 5.41) is 7.06. The Balaban J connectivity index is 1.66. The molecule has 3 aromatic rings. The first-order valence-electron chi connectivity index (χ1n) is 6.64. The molecule has 0 fully saturated rings. The average Bonchev–Trinajstić information content (AvgIpc) is 3.03. The monoisotopic (exact) mass is 285 g/mol. The third-order valence-corrected chi connectivity index (χ3v) is 3.04. The molecule has 0 saturated carbocycles. The largest absolute Gasteiger partial charge is 0.464 e. The van der Waals surface area contributed by atoms with E-state index >= 15 is 0 Å². The number of aryl methyl sites for hydroxylation is 1. The molecule has 3 heterocycles. The summed E-state index contributed by atoms with van der Waals surface area (Å²) in [5.74, 6) is 2.31. The Morgan fingerprint density at radius 2 is 2.33 bits per heavy atom. The van der Waals surface area contributed by atoms with Crippen LogP contribution in [-0.4, -0.2) is 25.5 Å². The predicted molar refractivity (Wildman–Crippen MR) is 74.5 cm³/mol. The van der Waals surface area contributed by atoms with Gasteiger partial charge in [-0.3, -0.25) is 4.79 Å². The number of amides is 1. The van der Waals surface area contributed by atoms with Crippen molar-refractivity contribution in [2.75, 3.05) is 0 Å². The number of nitrogens with zero attached hydrogens (tertiary/aromatic N) is 4.